The fourth-order valence-electron chi connectivity index (χ4n) is 2.71. The molecule has 0 aliphatic rings. The number of hydrogen-bond donors (Lipinski definition) is 1. The summed E-state index contributed by atoms with van der Waals surface area (Å²) in [5.41, 5.74) is 0.791. The maximum Gasteiger partial charge on any atom is 0.258 e. The molecule has 0 bridgehead atoms. The number of nitrogens with one attached hydrogen (secondary N) is 1. The number of anilines is 2. The van der Waals surface area contributed by atoms with Gasteiger partial charge in [0.15, 0.2) is 0 Å². The second kappa shape index (κ2) is 8.49. The summed E-state index contributed by atoms with van der Waals surface area (Å²) < 4.78 is 40.8. The molecule has 0 radical (unpaired) electrons. The molecule has 0 unspecified atom stereocenters. The average Bonchev–Trinajstić information content (AvgIpc) is 2.62. The molecule has 2 aromatic carbocycles. The summed E-state index contributed by atoms with van der Waals surface area (Å²) in [5.74, 6) is -1.29. The van der Waals surface area contributed by atoms with Gasteiger partial charge in [-0.1, -0.05) is 26.0 Å². The van der Waals surface area contributed by atoms with E-state index in [1.807, 2.05) is 0 Å². The Labute approximate surface area is 159 Å². The Hall–Kier alpha value is -2.45. The summed E-state index contributed by atoms with van der Waals surface area (Å²) in [6.07, 6.45) is 0. The minimum absolute atomic E-state index is 0.0700. The highest BCUT2D eigenvalue weighted by atomic mass is 32.2. The molecule has 0 fully saturated rings. The smallest absolute Gasteiger partial charge is 0.258 e. The summed E-state index contributed by atoms with van der Waals surface area (Å²) in [7, 11) is -0.144. The average molecular weight is 393 g/mol. The SMILES string of the molecule is CCN(CC)S(=O)(=O)c1ccc(N(C)C)c(NC(=O)c2ccccc2F)c1. The van der Waals surface area contributed by atoms with Gasteiger partial charge in [-0.15, -0.1) is 0 Å². The Bertz CT molecular complexity index is 926. The van der Waals surface area contributed by atoms with Crippen LogP contribution in [0.4, 0.5) is 15.8 Å². The summed E-state index contributed by atoms with van der Waals surface area (Å²) >= 11 is 0. The number of sulfonamides is 1. The van der Waals surface area contributed by atoms with Crippen molar-refractivity contribution in [2.45, 2.75) is 18.7 Å². The Morgan fingerprint density at radius 2 is 1.70 bits per heavy atom. The molecule has 2 aromatic rings. The number of rotatable bonds is 7. The van der Waals surface area contributed by atoms with Crippen LogP contribution in [0, 0.1) is 5.82 Å². The van der Waals surface area contributed by atoms with Gasteiger partial charge >= 0.3 is 0 Å². The second-order valence-electron chi connectivity index (χ2n) is 6.10. The second-order valence-corrected chi connectivity index (χ2v) is 8.03. The van der Waals surface area contributed by atoms with E-state index >= 15 is 0 Å². The van der Waals surface area contributed by atoms with E-state index < -0.39 is 21.7 Å². The van der Waals surface area contributed by atoms with E-state index in [1.54, 1.807) is 45.0 Å². The topological polar surface area (TPSA) is 69.7 Å². The van der Waals surface area contributed by atoms with Crippen molar-refractivity contribution in [2.24, 2.45) is 0 Å². The molecule has 0 aliphatic carbocycles. The van der Waals surface area contributed by atoms with E-state index in [4.69, 9.17) is 0 Å². The Balaban J connectivity index is 2.48. The molecular weight excluding hydrogens is 369 g/mol. The highest BCUT2D eigenvalue weighted by Gasteiger charge is 2.23. The largest absolute Gasteiger partial charge is 0.376 e. The van der Waals surface area contributed by atoms with Gasteiger partial charge in [0, 0.05) is 27.2 Å². The van der Waals surface area contributed by atoms with Crippen LogP contribution in [0.15, 0.2) is 47.4 Å². The molecule has 0 aromatic heterocycles. The van der Waals surface area contributed by atoms with Crippen LogP contribution >= 0.6 is 0 Å². The first-order valence-corrected chi connectivity index (χ1v) is 10.0. The number of carbonyl (C=O) groups excluding carboxylic acids is 1. The van der Waals surface area contributed by atoms with Crippen molar-refractivity contribution in [3.05, 3.63) is 53.8 Å². The van der Waals surface area contributed by atoms with Crippen LogP contribution in [0.5, 0.6) is 0 Å². The zero-order valence-electron chi connectivity index (χ0n) is 15.9. The fraction of sp³-hybridized carbons (Fsp3) is 0.316. The van der Waals surface area contributed by atoms with E-state index in [0.717, 1.165) is 0 Å². The molecule has 0 spiro atoms. The van der Waals surface area contributed by atoms with E-state index in [2.05, 4.69) is 5.32 Å². The monoisotopic (exact) mass is 393 g/mol. The molecule has 0 saturated carbocycles. The predicted molar refractivity (Wildman–Crippen MR) is 105 cm³/mol. The summed E-state index contributed by atoms with van der Waals surface area (Å²) in [6.45, 7) is 4.20. The van der Waals surface area contributed by atoms with Crippen LogP contribution < -0.4 is 10.2 Å². The standard InChI is InChI=1S/C19H24FN3O3S/c1-5-23(6-2)27(25,26)14-11-12-18(22(3)4)17(13-14)21-19(24)15-9-7-8-10-16(15)20/h7-13H,5-6H2,1-4H3,(H,21,24). The predicted octanol–water partition coefficient (Wildman–Crippen LogP) is 3.17. The summed E-state index contributed by atoms with van der Waals surface area (Å²) in [6, 6.07) is 10.1. The fourth-order valence-corrected chi connectivity index (χ4v) is 4.20. The Morgan fingerprint density at radius 3 is 2.26 bits per heavy atom. The molecule has 1 amide bonds. The lowest BCUT2D eigenvalue weighted by molar-refractivity contribution is 0.102. The highest BCUT2D eigenvalue weighted by Crippen LogP contribution is 2.29. The molecule has 0 atom stereocenters. The Morgan fingerprint density at radius 1 is 1.07 bits per heavy atom. The van der Waals surface area contributed by atoms with Crippen molar-refractivity contribution >= 4 is 27.3 Å². The lowest BCUT2D eigenvalue weighted by Gasteiger charge is -2.22. The number of carbonyl (C=O) groups is 1. The van der Waals surface area contributed by atoms with E-state index in [0.29, 0.717) is 24.5 Å². The van der Waals surface area contributed by atoms with Crippen molar-refractivity contribution in [2.75, 3.05) is 37.4 Å². The maximum absolute atomic E-state index is 13.9. The van der Waals surface area contributed by atoms with E-state index in [9.17, 15) is 17.6 Å². The number of halogens is 1. The van der Waals surface area contributed by atoms with Crippen LogP contribution in [0.1, 0.15) is 24.2 Å². The third kappa shape index (κ3) is 4.45. The lowest BCUT2D eigenvalue weighted by atomic mass is 10.2. The lowest BCUT2D eigenvalue weighted by Crippen LogP contribution is -2.30. The zero-order chi connectivity index (χ0) is 20.2. The molecule has 27 heavy (non-hydrogen) atoms. The summed E-state index contributed by atoms with van der Waals surface area (Å²) in [4.78, 5) is 14.3. The van der Waals surface area contributed by atoms with Gasteiger partial charge in [0.25, 0.3) is 5.91 Å². The molecule has 146 valence electrons. The summed E-state index contributed by atoms with van der Waals surface area (Å²) in [5, 5.41) is 2.63. The van der Waals surface area contributed by atoms with Gasteiger partial charge in [-0.3, -0.25) is 4.79 Å². The first-order chi connectivity index (χ1) is 12.7. The van der Waals surface area contributed by atoms with Crippen LogP contribution in [-0.2, 0) is 10.0 Å². The van der Waals surface area contributed by atoms with Crippen LogP contribution in [0.3, 0.4) is 0 Å². The minimum atomic E-state index is -3.69. The number of amides is 1. The van der Waals surface area contributed by atoms with Crippen LogP contribution in [-0.4, -0.2) is 45.8 Å². The third-order valence-corrected chi connectivity index (χ3v) is 6.21. The van der Waals surface area contributed by atoms with Crippen molar-refractivity contribution in [1.29, 1.82) is 0 Å². The molecule has 6 nitrogen and oxygen atoms in total. The molecule has 0 saturated heterocycles. The first kappa shape index (κ1) is 20.9. The zero-order valence-corrected chi connectivity index (χ0v) is 16.7. The quantitative estimate of drug-likeness (QED) is 0.784. The third-order valence-electron chi connectivity index (χ3n) is 4.16. The highest BCUT2D eigenvalue weighted by molar-refractivity contribution is 7.89. The van der Waals surface area contributed by atoms with Gasteiger partial charge in [-0.2, -0.15) is 4.31 Å². The Kier molecular flexibility index (Phi) is 6.56. The molecule has 2 rings (SSSR count). The minimum Gasteiger partial charge on any atom is -0.376 e. The molecule has 0 heterocycles. The van der Waals surface area contributed by atoms with Gasteiger partial charge in [0.05, 0.1) is 21.8 Å². The molecule has 8 heteroatoms. The van der Waals surface area contributed by atoms with Crippen molar-refractivity contribution < 1.29 is 17.6 Å². The van der Waals surface area contributed by atoms with Gasteiger partial charge in [0.2, 0.25) is 10.0 Å². The van der Waals surface area contributed by atoms with Gasteiger partial charge in [-0.25, -0.2) is 12.8 Å². The van der Waals surface area contributed by atoms with Gasteiger partial charge in [0.1, 0.15) is 5.82 Å². The first-order valence-electron chi connectivity index (χ1n) is 8.59. The van der Waals surface area contributed by atoms with E-state index in [-0.39, 0.29) is 10.5 Å². The maximum atomic E-state index is 13.9. The van der Waals surface area contributed by atoms with E-state index in [1.165, 1.54) is 34.6 Å². The molecule has 0 aliphatic heterocycles. The van der Waals surface area contributed by atoms with Crippen molar-refractivity contribution in [3.63, 3.8) is 0 Å². The van der Waals surface area contributed by atoms with Crippen molar-refractivity contribution in [1.82, 2.24) is 4.31 Å². The number of hydrogen-bond acceptors (Lipinski definition) is 4. The number of benzene rings is 2. The van der Waals surface area contributed by atoms with Crippen LogP contribution in [0.2, 0.25) is 0 Å². The van der Waals surface area contributed by atoms with Crippen molar-refractivity contribution in [3.8, 4) is 0 Å². The van der Waals surface area contributed by atoms with Gasteiger partial charge < -0.3 is 10.2 Å². The normalized spacial score (nSPS) is 11.5. The van der Waals surface area contributed by atoms with Crippen LogP contribution in [0.25, 0.3) is 0 Å². The molecule has 1 N–H and O–H groups in total. The number of nitrogens with zero attached hydrogens (tertiary/aromatic N) is 2. The molecular formula is C19H24FN3O3S. The van der Waals surface area contributed by atoms with Gasteiger partial charge in [-0.05, 0) is 30.3 Å².